The maximum atomic E-state index is 2.34. The van der Waals surface area contributed by atoms with E-state index in [4.69, 9.17) is 0 Å². The Labute approximate surface area is 315 Å². The Morgan fingerprint density at radius 3 is 1.17 bits per heavy atom. The van der Waals surface area contributed by atoms with Gasteiger partial charge in [0.05, 0.1) is 22.1 Å². The molecule has 0 saturated heterocycles. The summed E-state index contributed by atoms with van der Waals surface area (Å²) in [6.45, 7) is 4.29. The molecule has 3 heteroatoms. The SMILES string of the molecule is Cc1ccc2c(c1)c1ccccc1n2-c1ccccc1.Cc1ccc2c3ccccc3n(-c3ccccc3)c2c1.Cn1c2ccccc2c2ccccc21. The van der Waals surface area contributed by atoms with Crippen LogP contribution in [-0.2, 0) is 7.05 Å². The molecule has 0 aliphatic carbocycles. The van der Waals surface area contributed by atoms with Crippen molar-refractivity contribution in [2.75, 3.05) is 0 Å². The minimum Gasteiger partial charge on any atom is -0.344 e. The Hall–Kier alpha value is -6.84. The average Bonchev–Trinajstić information content (AvgIpc) is 3.84. The smallest absolute Gasteiger partial charge is 0.0543 e. The van der Waals surface area contributed by atoms with E-state index in [1.807, 2.05) is 0 Å². The average molecular weight is 696 g/mol. The Kier molecular flexibility index (Phi) is 8.53. The van der Waals surface area contributed by atoms with E-state index in [1.54, 1.807) is 0 Å². The van der Waals surface area contributed by atoms with Crippen LogP contribution in [0.2, 0.25) is 0 Å². The van der Waals surface area contributed by atoms with Crippen molar-refractivity contribution in [3.05, 3.63) is 205 Å². The van der Waals surface area contributed by atoms with Crippen LogP contribution in [0.15, 0.2) is 194 Å². The van der Waals surface area contributed by atoms with Crippen LogP contribution in [0.3, 0.4) is 0 Å². The van der Waals surface area contributed by atoms with Crippen molar-refractivity contribution in [2.24, 2.45) is 7.05 Å². The van der Waals surface area contributed by atoms with Crippen LogP contribution in [0.5, 0.6) is 0 Å². The van der Waals surface area contributed by atoms with Crippen molar-refractivity contribution in [2.45, 2.75) is 13.8 Å². The Bertz CT molecular complexity index is 3010. The van der Waals surface area contributed by atoms with Crippen LogP contribution in [0.25, 0.3) is 76.8 Å². The van der Waals surface area contributed by atoms with Gasteiger partial charge < -0.3 is 13.7 Å². The van der Waals surface area contributed by atoms with Crippen molar-refractivity contribution in [3.8, 4) is 11.4 Å². The molecule has 0 N–H and O–H groups in total. The second-order valence-corrected chi connectivity index (χ2v) is 14.0. The van der Waals surface area contributed by atoms with Gasteiger partial charge in [-0.2, -0.15) is 0 Å². The maximum absolute atomic E-state index is 2.34. The first-order valence-electron chi connectivity index (χ1n) is 18.6. The van der Waals surface area contributed by atoms with Gasteiger partial charge in [-0.15, -0.1) is 0 Å². The second-order valence-electron chi connectivity index (χ2n) is 14.0. The summed E-state index contributed by atoms with van der Waals surface area (Å²) in [5, 5.41) is 7.94. The molecule has 0 radical (unpaired) electrons. The number of para-hydroxylation sites is 6. The minimum absolute atomic E-state index is 1.21. The highest BCUT2D eigenvalue weighted by Crippen LogP contribution is 2.34. The summed E-state index contributed by atoms with van der Waals surface area (Å²) in [7, 11) is 2.12. The Balaban J connectivity index is 0.000000109. The van der Waals surface area contributed by atoms with E-state index in [2.05, 4.69) is 229 Å². The zero-order valence-electron chi connectivity index (χ0n) is 30.8. The highest BCUT2D eigenvalue weighted by atomic mass is 15.0. The van der Waals surface area contributed by atoms with Gasteiger partial charge in [-0.05, 0) is 86.1 Å². The number of aryl methyl sites for hydroxylation is 3. The molecule has 8 aromatic carbocycles. The molecule has 0 spiro atoms. The monoisotopic (exact) mass is 695 g/mol. The molecular formula is C51H41N3. The molecule has 11 aromatic rings. The summed E-state index contributed by atoms with van der Waals surface area (Å²) in [6.07, 6.45) is 0. The van der Waals surface area contributed by atoms with Gasteiger partial charge in [0.1, 0.15) is 0 Å². The predicted octanol–water partition coefficient (Wildman–Crippen LogP) is 13.5. The Morgan fingerprint density at radius 1 is 0.278 bits per heavy atom. The molecule has 3 aromatic heterocycles. The number of aromatic nitrogens is 3. The third kappa shape index (κ3) is 5.81. The zero-order valence-corrected chi connectivity index (χ0v) is 30.8. The molecule has 54 heavy (non-hydrogen) atoms. The molecule has 0 aliphatic rings. The van der Waals surface area contributed by atoms with Crippen molar-refractivity contribution < 1.29 is 0 Å². The van der Waals surface area contributed by atoms with E-state index in [0.717, 1.165) is 0 Å². The minimum atomic E-state index is 1.21. The predicted molar refractivity (Wildman–Crippen MR) is 231 cm³/mol. The fourth-order valence-electron chi connectivity index (χ4n) is 8.00. The van der Waals surface area contributed by atoms with Crippen molar-refractivity contribution in [3.63, 3.8) is 0 Å². The van der Waals surface area contributed by atoms with E-state index in [0.29, 0.717) is 0 Å². The molecule has 0 atom stereocenters. The van der Waals surface area contributed by atoms with E-state index in [-0.39, 0.29) is 0 Å². The number of nitrogens with zero attached hydrogens (tertiary/aromatic N) is 3. The summed E-state index contributed by atoms with van der Waals surface area (Å²) in [4.78, 5) is 0. The van der Waals surface area contributed by atoms with E-state index < -0.39 is 0 Å². The lowest BCUT2D eigenvalue weighted by Crippen LogP contribution is -1.92. The summed E-state index contributed by atoms with van der Waals surface area (Å²) in [6, 6.07) is 68.7. The molecular weight excluding hydrogens is 655 g/mol. The zero-order chi connectivity index (χ0) is 36.6. The van der Waals surface area contributed by atoms with E-state index in [1.165, 1.54) is 87.9 Å². The lowest BCUT2D eigenvalue weighted by molar-refractivity contribution is 1.01. The van der Waals surface area contributed by atoms with Gasteiger partial charge in [-0.3, -0.25) is 0 Å². The van der Waals surface area contributed by atoms with Crippen LogP contribution < -0.4 is 0 Å². The molecule has 11 rings (SSSR count). The highest BCUT2D eigenvalue weighted by molar-refractivity contribution is 6.11. The third-order valence-electron chi connectivity index (χ3n) is 10.5. The van der Waals surface area contributed by atoms with E-state index in [9.17, 15) is 0 Å². The van der Waals surface area contributed by atoms with Crippen LogP contribution in [0, 0.1) is 13.8 Å². The first kappa shape index (κ1) is 33.0. The van der Waals surface area contributed by atoms with Crippen LogP contribution in [0.4, 0.5) is 0 Å². The van der Waals surface area contributed by atoms with Gasteiger partial charge in [0.15, 0.2) is 0 Å². The maximum Gasteiger partial charge on any atom is 0.0543 e. The quantitative estimate of drug-likeness (QED) is 0.171. The number of fused-ring (bicyclic) bond motifs is 9. The van der Waals surface area contributed by atoms with Gasteiger partial charge in [0.2, 0.25) is 0 Å². The summed E-state index contributed by atoms with van der Waals surface area (Å²) < 4.78 is 6.92. The Morgan fingerprint density at radius 2 is 0.630 bits per heavy atom. The molecule has 0 aliphatic heterocycles. The van der Waals surface area contributed by atoms with Crippen molar-refractivity contribution in [1.29, 1.82) is 0 Å². The van der Waals surface area contributed by atoms with Crippen molar-refractivity contribution >= 4 is 65.4 Å². The summed E-state index contributed by atoms with van der Waals surface area (Å²) in [5.74, 6) is 0. The number of hydrogen-bond acceptors (Lipinski definition) is 0. The standard InChI is InChI=1S/2C19H15N.C13H11N/c1-14-11-12-19-17(13-14)16-9-5-6-10-18(16)20(19)15-7-3-2-4-8-15;1-14-11-12-17-16-9-5-6-10-18(16)20(19(17)13-14)15-7-3-2-4-8-15;1-14-12-8-4-2-6-10(12)11-7-3-5-9-13(11)14/h2*2-13H,1H3;2-9H,1H3. The van der Waals surface area contributed by atoms with Gasteiger partial charge in [0, 0.05) is 61.8 Å². The largest absolute Gasteiger partial charge is 0.344 e. The molecule has 3 nitrogen and oxygen atoms in total. The lowest BCUT2D eigenvalue weighted by atomic mass is 10.1. The molecule has 260 valence electrons. The molecule has 0 amide bonds. The number of benzene rings is 8. The molecule has 0 unspecified atom stereocenters. The topological polar surface area (TPSA) is 14.8 Å². The first-order valence-corrected chi connectivity index (χ1v) is 18.6. The normalized spacial score (nSPS) is 11.2. The fourth-order valence-corrected chi connectivity index (χ4v) is 8.00. The number of hydrogen-bond donors (Lipinski definition) is 0. The van der Waals surface area contributed by atoms with Gasteiger partial charge >= 0.3 is 0 Å². The lowest BCUT2D eigenvalue weighted by Gasteiger charge is -2.07. The first-order chi connectivity index (χ1) is 26.6. The van der Waals surface area contributed by atoms with Gasteiger partial charge in [-0.25, -0.2) is 0 Å². The van der Waals surface area contributed by atoms with Crippen molar-refractivity contribution in [1.82, 2.24) is 13.7 Å². The number of rotatable bonds is 2. The molecule has 0 saturated carbocycles. The second kappa shape index (κ2) is 13.9. The summed E-state index contributed by atoms with van der Waals surface area (Å²) >= 11 is 0. The summed E-state index contributed by atoms with van der Waals surface area (Å²) in [5.41, 5.74) is 12.7. The third-order valence-corrected chi connectivity index (χ3v) is 10.5. The molecule has 0 bridgehead atoms. The van der Waals surface area contributed by atoms with Gasteiger partial charge in [-0.1, -0.05) is 133 Å². The van der Waals surface area contributed by atoms with E-state index >= 15 is 0 Å². The fraction of sp³-hybridized carbons (Fsp3) is 0.0588. The highest BCUT2D eigenvalue weighted by Gasteiger charge is 2.13. The van der Waals surface area contributed by atoms with Crippen LogP contribution in [0.1, 0.15) is 11.1 Å². The van der Waals surface area contributed by atoms with Crippen LogP contribution in [-0.4, -0.2) is 13.7 Å². The molecule has 3 heterocycles. The molecule has 0 fully saturated rings. The van der Waals surface area contributed by atoms with Gasteiger partial charge in [0.25, 0.3) is 0 Å². The van der Waals surface area contributed by atoms with Crippen LogP contribution >= 0.6 is 0 Å².